The van der Waals surface area contributed by atoms with Gasteiger partial charge >= 0.3 is 0 Å². The van der Waals surface area contributed by atoms with Crippen LogP contribution in [0.3, 0.4) is 0 Å². The number of aryl methyl sites for hydroxylation is 1. The highest BCUT2D eigenvalue weighted by molar-refractivity contribution is 9.10. The molecule has 1 rings (SSSR count). The lowest BCUT2D eigenvalue weighted by Gasteiger charge is -2.06. The van der Waals surface area contributed by atoms with Crippen molar-refractivity contribution in [2.24, 2.45) is 7.05 Å². The highest BCUT2D eigenvalue weighted by atomic mass is 79.9. The molecule has 12 heavy (non-hydrogen) atoms. The Kier molecular flexibility index (Phi) is 3.29. The van der Waals surface area contributed by atoms with Crippen LogP contribution in [-0.4, -0.2) is 22.9 Å². The fourth-order valence-corrected chi connectivity index (χ4v) is 1.36. The number of nitrogens with one attached hydrogen (secondary N) is 1. The third-order valence-corrected chi connectivity index (χ3v) is 2.62. The van der Waals surface area contributed by atoms with Crippen LogP contribution in [-0.2, 0) is 13.5 Å². The first-order valence-corrected chi connectivity index (χ1v) is 4.78. The van der Waals surface area contributed by atoms with Gasteiger partial charge in [-0.15, -0.1) is 0 Å². The molecule has 0 aliphatic heterocycles. The van der Waals surface area contributed by atoms with Crippen molar-refractivity contribution in [1.82, 2.24) is 15.1 Å². The number of nitrogens with zero attached hydrogens (tertiary/aromatic N) is 2. The van der Waals surface area contributed by atoms with E-state index in [1.54, 1.807) is 0 Å². The maximum atomic E-state index is 4.33. The fraction of sp³-hybridized carbons (Fsp3) is 0.625. The zero-order valence-corrected chi connectivity index (χ0v) is 9.22. The van der Waals surface area contributed by atoms with E-state index in [2.05, 4.69) is 33.3 Å². The van der Waals surface area contributed by atoms with Gasteiger partial charge in [0.2, 0.25) is 0 Å². The predicted molar refractivity (Wildman–Crippen MR) is 53.1 cm³/mol. The summed E-state index contributed by atoms with van der Waals surface area (Å²) in [6.07, 6.45) is 0.968. The molecule has 0 aliphatic rings. The van der Waals surface area contributed by atoms with Gasteiger partial charge in [-0.25, -0.2) is 0 Å². The van der Waals surface area contributed by atoms with Gasteiger partial charge in [-0.2, -0.15) is 5.10 Å². The molecule has 0 amide bonds. The Bertz CT molecular complexity index is 237. The quantitative estimate of drug-likeness (QED) is 0.852. The van der Waals surface area contributed by atoms with E-state index in [-0.39, 0.29) is 0 Å². The number of aromatic nitrogens is 2. The molecule has 1 aromatic rings. The molecule has 0 aliphatic carbocycles. The molecule has 0 fully saturated rings. The van der Waals surface area contributed by atoms with Crippen LogP contribution in [0, 0.1) is 0 Å². The van der Waals surface area contributed by atoms with Gasteiger partial charge < -0.3 is 5.32 Å². The smallest absolute Gasteiger partial charge is 0.104 e. The summed E-state index contributed by atoms with van der Waals surface area (Å²) in [6.45, 7) is 2.14. The van der Waals surface area contributed by atoms with Crippen molar-refractivity contribution >= 4 is 15.9 Å². The predicted octanol–water partition coefficient (Wildman–Crippen LogP) is 1.33. The van der Waals surface area contributed by atoms with E-state index in [1.807, 2.05) is 24.8 Å². The lowest BCUT2D eigenvalue weighted by atomic mass is 10.2. The highest BCUT2D eigenvalue weighted by Crippen LogP contribution is 2.11. The molecule has 0 bridgehead atoms. The summed E-state index contributed by atoms with van der Waals surface area (Å²) in [5.74, 6) is 0. The zero-order valence-electron chi connectivity index (χ0n) is 7.63. The molecule has 1 aromatic heterocycles. The summed E-state index contributed by atoms with van der Waals surface area (Å²) in [4.78, 5) is 0. The average molecular weight is 232 g/mol. The highest BCUT2D eigenvalue weighted by Gasteiger charge is 2.05. The van der Waals surface area contributed by atoms with E-state index >= 15 is 0 Å². The van der Waals surface area contributed by atoms with Crippen molar-refractivity contribution in [3.8, 4) is 0 Å². The van der Waals surface area contributed by atoms with E-state index in [1.165, 1.54) is 0 Å². The van der Waals surface area contributed by atoms with E-state index < -0.39 is 0 Å². The van der Waals surface area contributed by atoms with E-state index in [4.69, 9.17) is 0 Å². The Balaban J connectivity index is 2.64. The van der Waals surface area contributed by atoms with Gasteiger partial charge in [0.15, 0.2) is 0 Å². The van der Waals surface area contributed by atoms with Crippen molar-refractivity contribution in [3.63, 3.8) is 0 Å². The molecular weight excluding hydrogens is 218 g/mol. The first-order valence-electron chi connectivity index (χ1n) is 3.99. The van der Waals surface area contributed by atoms with Crippen LogP contribution in [0.5, 0.6) is 0 Å². The largest absolute Gasteiger partial charge is 0.317 e. The first-order chi connectivity index (χ1) is 5.63. The van der Waals surface area contributed by atoms with Crippen LogP contribution in [0.4, 0.5) is 0 Å². The molecule has 1 unspecified atom stereocenters. The molecule has 0 aromatic carbocycles. The summed E-state index contributed by atoms with van der Waals surface area (Å²) >= 11 is 3.41. The number of hydrogen-bond donors (Lipinski definition) is 1. The molecular formula is C8H14BrN3. The molecule has 1 heterocycles. The molecule has 1 N–H and O–H groups in total. The SMILES string of the molecule is CNC(C)Cc1cc(Br)n(C)n1. The molecule has 68 valence electrons. The fourth-order valence-electron chi connectivity index (χ4n) is 1.02. The Labute approximate surface area is 81.3 Å². The van der Waals surface area contributed by atoms with Gasteiger partial charge in [-0.05, 0) is 36.0 Å². The molecule has 0 radical (unpaired) electrons. The molecule has 1 atom stereocenters. The van der Waals surface area contributed by atoms with Crippen LogP contribution in [0.25, 0.3) is 0 Å². The van der Waals surface area contributed by atoms with Crippen LogP contribution in [0.1, 0.15) is 12.6 Å². The second-order valence-electron chi connectivity index (χ2n) is 2.98. The summed E-state index contributed by atoms with van der Waals surface area (Å²) in [7, 11) is 3.89. The number of hydrogen-bond acceptors (Lipinski definition) is 2. The van der Waals surface area contributed by atoms with Gasteiger partial charge in [0, 0.05) is 19.5 Å². The monoisotopic (exact) mass is 231 g/mol. The normalized spacial score (nSPS) is 13.3. The standard InChI is InChI=1S/C8H14BrN3/c1-6(10-2)4-7-5-8(9)12(3)11-7/h5-6,10H,4H2,1-3H3. The van der Waals surface area contributed by atoms with Gasteiger partial charge in [0.05, 0.1) is 5.69 Å². The first kappa shape index (κ1) is 9.74. The van der Waals surface area contributed by atoms with E-state index in [0.717, 1.165) is 16.7 Å². The van der Waals surface area contributed by atoms with Crippen molar-refractivity contribution in [1.29, 1.82) is 0 Å². The Morgan fingerprint density at radius 1 is 1.75 bits per heavy atom. The topological polar surface area (TPSA) is 29.9 Å². The number of likely N-dealkylation sites (N-methyl/N-ethyl adjacent to an activating group) is 1. The van der Waals surface area contributed by atoms with E-state index in [9.17, 15) is 0 Å². The van der Waals surface area contributed by atoms with Crippen molar-refractivity contribution in [2.75, 3.05) is 7.05 Å². The molecule has 0 spiro atoms. The number of rotatable bonds is 3. The molecule has 3 nitrogen and oxygen atoms in total. The molecule has 4 heteroatoms. The van der Waals surface area contributed by atoms with Crippen LogP contribution in [0.2, 0.25) is 0 Å². The van der Waals surface area contributed by atoms with Crippen molar-refractivity contribution in [2.45, 2.75) is 19.4 Å². The Hall–Kier alpha value is -0.350. The van der Waals surface area contributed by atoms with E-state index in [0.29, 0.717) is 6.04 Å². The zero-order chi connectivity index (χ0) is 9.14. The second-order valence-corrected chi connectivity index (χ2v) is 3.79. The maximum absolute atomic E-state index is 4.33. The third-order valence-electron chi connectivity index (χ3n) is 1.88. The minimum atomic E-state index is 0.479. The van der Waals surface area contributed by atoms with Gasteiger partial charge in [-0.1, -0.05) is 0 Å². The summed E-state index contributed by atoms with van der Waals surface area (Å²) in [5, 5.41) is 7.51. The van der Waals surface area contributed by atoms with Gasteiger partial charge in [0.25, 0.3) is 0 Å². The lowest BCUT2D eigenvalue weighted by Crippen LogP contribution is -2.23. The second kappa shape index (κ2) is 4.05. The Morgan fingerprint density at radius 2 is 2.42 bits per heavy atom. The summed E-state index contributed by atoms with van der Waals surface area (Å²) in [6, 6.07) is 2.53. The third kappa shape index (κ3) is 2.32. The van der Waals surface area contributed by atoms with Crippen LogP contribution < -0.4 is 5.32 Å². The van der Waals surface area contributed by atoms with Crippen molar-refractivity contribution < 1.29 is 0 Å². The lowest BCUT2D eigenvalue weighted by molar-refractivity contribution is 0.592. The van der Waals surface area contributed by atoms with Gasteiger partial charge in [-0.3, -0.25) is 4.68 Å². The molecule has 0 saturated heterocycles. The van der Waals surface area contributed by atoms with Crippen molar-refractivity contribution in [3.05, 3.63) is 16.4 Å². The maximum Gasteiger partial charge on any atom is 0.104 e. The van der Waals surface area contributed by atoms with Gasteiger partial charge in [0.1, 0.15) is 4.60 Å². The molecule has 0 saturated carbocycles. The summed E-state index contributed by atoms with van der Waals surface area (Å²) < 4.78 is 2.86. The average Bonchev–Trinajstić information content (AvgIpc) is 2.31. The minimum absolute atomic E-state index is 0.479. The van der Waals surface area contributed by atoms with Crippen LogP contribution >= 0.6 is 15.9 Å². The Morgan fingerprint density at radius 3 is 2.83 bits per heavy atom. The number of halogens is 1. The van der Waals surface area contributed by atoms with Crippen LogP contribution in [0.15, 0.2) is 10.7 Å². The summed E-state index contributed by atoms with van der Waals surface area (Å²) in [5.41, 5.74) is 1.12. The minimum Gasteiger partial charge on any atom is -0.317 e.